The Morgan fingerprint density at radius 1 is 1.27 bits per heavy atom. The third-order valence-electron chi connectivity index (χ3n) is 7.59. The van der Waals surface area contributed by atoms with Gasteiger partial charge < -0.3 is 14.6 Å². The lowest BCUT2D eigenvalue weighted by molar-refractivity contribution is -0.164. The van der Waals surface area contributed by atoms with Crippen molar-refractivity contribution in [1.82, 2.24) is 0 Å². The van der Waals surface area contributed by atoms with Crippen LogP contribution in [0, 0.1) is 35.5 Å². The molecule has 0 spiro atoms. The Morgan fingerprint density at radius 3 is 2.67 bits per heavy atom. The Balaban J connectivity index is 1.79. The quantitative estimate of drug-likeness (QED) is 0.646. The van der Waals surface area contributed by atoms with E-state index in [1.54, 1.807) is 0 Å². The Bertz CT molecular complexity index is 696. The minimum Gasteiger partial charge on any atom is -0.462 e. The van der Waals surface area contributed by atoms with Crippen LogP contribution in [0.2, 0.25) is 0 Å². The van der Waals surface area contributed by atoms with Crippen LogP contribution in [0.3, 0.4) is 0 Å². The SMILES string of the molecule is CCC(C)C(=O)O[C@@H]1[C@H](C)[C@@H](C)C=C2C=C[C@H](C)[C@H](CC[C@@H]3C[C@@H](O)CC(=O)O3)[C@H]21. The number of esters is 2. The maximum atomic E-state index is 12.7. The second kappa shape index (κ2) is 9.67. The standard InChI is InChI=1S/C25H38O5/c1-6-14(2)25(28)30-24-17(5)16(4)11-18-8-7-15(3)21(23(18)24)10-9-20-12-19(26)13-22(27)29-20/h7-8,11,14-17,19-21,23-24,26H,6,9-10,12-13H2,1-5H3/t14?,15-,16-,17+,19+,20+,21-,23-,24+/m0/s1. The van der Waals surface area contributed by atoms with Crippen molar-refractivity contribution < 1.29 is 24.2 Å². The van der Waals surface area contributed by atoms with Crippen LogP contribution in [0.1, 0.15) is 66.7 Å². The van der Waals surface area contributed by atoms with Crippen LogP contribution < -0.4 is 0 Å². The molecule has 1 N–H and O–H groups in total. The average Bonchev–Trinajstić information content (AvgIpc) is 2.69. The van der Waals surface area contributed by atoms with Crippen LogP contribution in [0.4, 0.5) is 0 Å². The first-order valence-electron chi connectivity index (χ1n) is 11.7. The highest BCUT2D eigenvalue weighted by Gasteiger charge is 2.45. The number of carbonyl (C=O) groups excluding carboxylic acids is 2. The van der Waals surface area contributed by atoms with Gasteiger partial charge in [-0.25, -0.2) is 0 Å². The van der Waals surface area contributed by atoms with E-state index in [0.717, 1.165) is 19.3 Å². The highest BCUT2D eigenvalue weighted by molar-refractivity contribution is 5.72. The minimum atomic E-state index is -0.602. The number of ether oxygens (including phenoxy) is 2. The molecule has 0 aromatic carbocycles. The van der Waals surface area contributed by atoms with Crippen molar-refractivity contribution in [2.24, 2.45) is 35.5 Å². The summed E-state index contributed by atoms with van der Waals surface area (Å²) in [6.07, 6.45) is 8.81. The molecule has 9 atom stereocenters. The topological polar surface area (TPSA) is 72.8 Å². The molecule has 5 heteroatoms. The first-order chi connectivity index (χ1) is 14.2. The second-order valence-corrected chi connectivity index (χ2v) is 9.79. The van der Waals surface area contributed by atoms with Gasteiger partial charge in [0.05, 0.1) is 18.4 Å². The van der Waals surface area contributed by atoms with Gasteiger partial charge in [0, 0.05) is 12.3 Å². The average molecular weight is 419 g/mol. The van der Waals surface area contributed by atoms with Crippen LogP contribution in [-0.2, 0) is 19.1 Å². The van der Waals surface area contributed by atoms with Crippen molar-refractivity contribution in [1.29, 1.82) is 0 Å². The van der Waals surface area contributed by atoms with Crippen LogP contribution in [0.25, 0.3) is 0 Å². The van der Waals surface area contributed by atoms with E-state index in [2.05, 4.69) is 39.0 Å². The van der Waals surface area contributed by atoms with E-state index < -0.39 is 6.10 Å². The van der Waals surface area contributed by atoms with Gasteiger partial charge >= 0.3 is 11.9 Å². The fourth-order valence-electron chi connectivity index (χ4n) is 5.23. The van der Waals surface area contributed by atoms with E-state index >= 15 is 0 Å². The summed E-state index contributed by atoms with van der Waals surface area (Å²) in [5, 5.41) is 9.93. The molecule has 3 rings (SSSR count). The van der Waals surface area contributed by atoms with Gasteiger partial charge in [-0.1, -0.05) is 52.8 Å². The molecule has 0 aromatic rings. The molecule has 5 nitrogen and oxygen atoms in total. The van der Waals surface area contributed by atoms with E-state index in [1.807, 2.05) is 13.8 Å². The van der Waals surface area contributed by atoms with E-state index in [9.17, 15) is 14.7 Å². The molecular weight excluding hydrogens is 380 g/mol. The summed E-state index contributed by atoms with van der Waals surface area (Å²) in [5.41, 5.74) is 1.27. The van der Waals surface area contributed by atoms with Gasteiger partial charge in [0.25, 0.3) is 0 Å². The van der Waals surface area contributed by atoms with Crippen molar-refractivity contribution in [2.45, 2.75) is 85.0 Å². The Hall–Kier alpha value is -1.62. The largest absolute Gasteiger partial charge is 0.462 e. The normalized spacial score (nSPS) is 39.5. The summed E-state index contributed by atoms with van der Waals surface area (Å²) in [5.74, 6) is 0.907. The molecule has 0 saturated carbocycles. The summed E-state index contributed by atoms with van der Waals surface area (Å²) >= 11 is 0. The molecule has 168 valence electrons. The minimum absolute atomic E-state index is 0.0949. The summed E-state index contributed by atoms with van der Waals surface area (Å²) in [6, 6.07) is 0. The maximum absolute atomic E-state index is 12.7. The lowest BCUT2D eigenvalue weighted by atomic mass is 9.62. The smallest absolute Gasteiger partial charge is 0.308 e. The van der Waals surface area contributed by atoms with E-state index in [-0.39, 0.29) is 48.3 Å². The van der Waals surface area contributed by atoms with Crippen molar-refractivity contribution in [3.63, 3.8) is 0 Å². The van der Waals surface area contributed by atoms with Gasteiger partial charge in [-0.05, 0) is 48.5 Å². The number of aliphatic hydroxyl groups is 1. The first kappa shape index (κ1) is 23.1. The van der Waals surface area contributed by atoms with E-state index in [4.69, 9.17) is 9.47 Å². The van der Waals surface area contributed by atoms with Gasteiger partial charge in [0.2, 0.25) is 0 Å². The third-order valence-corrected chi connectivity index (χ3v) is 7.59. The predicted molar refractivity (Wildman–Crippen MR) is 115 cm³/mol. The third kappa shape index (κ3) is 4.99. The monoisotopic (exact) mass is 418 g/mol. The fourth-order valence-corrected chi connectivity index (χ4v) is 5.23. The molecule has 1 unspecified atom stereocenters. The number of cyclic esters (lactones) is 1. The van der Waals surface area contributed by atoms with Crippen molar-refractivity contribution in [3.05, 3.63) is 23.8 Å². The molecule has 0 radical (unpaired) electrons. The Labute approximate surface area is 180 Å². The van der Waals surface area contributed by atoms with Crippen LogP contribution >= 0.6 is 0 Å². The summed E-state index contributed by atoms with van der Waals surface area (Å²) in [6.45, 7) is 10.5. The zero-order chi connectivity index (χ0) is 22.0. The van der Waals surface area contributed by atoms with Crippen molar-refractivity contribution in [2.75, 3.05) is 0 Å². The zero-order valence-corrected chi connectivity index (χ0v) is 19.0. The maximum Gasteiger partial charge on any atom is 0.308 e. The highest BCUT2D eigenvalue weighted by Crippen LogP contribution is 2.47. The van der Waals surface area contributed by atoms with Crippen LogP contribution in [0.5, 0.6) is 0 Å². The molecule has 1 fully saturated rings. The molecule has 0 amide bonds. The lowest BCUT2D eigenvalue weighted by Gasteiger charge is -2.46. The second-order valence-electron chi connectivity index (χ2n) is 9.79. The van der Waals surface area contributed by atoms with Crippen molar-refractivity contribution in [3.8, 4) is 0 Å². The van der Waals surface area contributed by atoms with Gasteiger partial charge in [-0.2, -0.15) is 0 Å². The molecule has 0 bridgehead atoms. The predicted octanol–water partition coefficient (Wildman–Crippen LogP) is 4.44. The van der Waals surface area contributed by atoms with Gasteiger partial charge in [0.1, 0.15) is 12.2 Å². The number of hydrogen-bond acceptors (Lipinski definition) is 5. The highest BCUT2D eigenvalue weighted by atomic mass is 16.6. The summed E-state index contributed by atoms with van der Waals surface area (Å²) < 4.78 is 11.6. The van der Waals surface area contributed by atoms with Crippen molar-refractivity contribution >= 4 is 11.9 Å². The molecule has 3 aliphatic rings. The lowest BCUT2D eigenvalue weighted by Crippen LogP contribution is -2.46. The first-order valence-corrected chi connectivity index (χ1v) is 11.7. The van der Waals surface area contributed by atoms with Gasteiger partial charge in [-0.3, -0.25) is 9.59 Å². The molecule has 1 heterocycles. The molecule has 30 heavy (non-hydrogen) atoms. The molecule has 1 aliphatic heterocycles. The van der Waals surface area contributed by atoms with Gasteiger partial charge in [-0.15, -0.1) is 0 Å². The number of allylic oxidation sites excluding steroid dienone is 3. The number of carbonyl (C=O) groups is 2. The fraction of sp³-hybridized carbons (Fsp3) is 0.760. The van der Waals surface area contributed by atoms with Gasteiger partial charge in [0.15, 0.2) is 0 Å². The Morgan fingerprint density at radius 2 is 2.00 bits per heavy atom. The Kier molecular flexibility index (Phi) is 7.43. The zero-order valence-electron chi connectivity index (χ0n) is 19.0. The number of hydrogen-bond donors (Lipinski definition) is 1. The molecule has 1 saturated heterocycles. The molecule has 0 aromatic heterocycles. The van der Waals surface area contributed by atoms with E-state index in [1.165, 1.54) is 5.57 Å². The summed E-state index contributed by atoms with van der Waals surface area (Å²) in [7, 11) is 0. The van der Waals surface area contributed by atoms with Crippen LogP contribution in [-0.4, -0.2) is 35.4 Å². The number of aliphatic hydroxyl groups excluding tert-OH is 1. The summed E-state index contributed by atoms with van der Waals surface area (Å²) in [4.78, 5) is 24.4. The molecule has 2 aliphatic carbocycles. The van der Waals surface area contributed by atoms with E-state index in [0.29, 0.717) is 24.2 Å². The number of rotatable bonds is 6. The number of fused-ring (bicyclic) bond motifs is 1. The molecular formula is C25H38O5. The van der Waals surface area contributed by atoms with Crippen LogP contribution in [0.15, 0.2) is 23.8 Å².